The largest absolute Gasteiger partial charge is 0.469 e. The molecule has 0 aliphatic heterocycles. The molecule has 1 heterocycles. The van der Waals surface area contributed by atoms with E-state index in [0.717, 1.165) is 17.9 Å². The second-order valence-electron chi connectivity index (χ2n) is 7.77. The fraction of sp³-hybridized carbons (Fsp3) is 0.269. The third-order valence-corrected chi connectivity index (χ3v) is 5.22. The molecule has 0 N–H and O–H groups in total. The predicted octanol–water partition coefficient (Wildman–Crippen LogP) is 5.50. The molecule has 0 radical (unpaired) electrons. The third-order valence-electron chi connectivity index (χ3n) is 5.22. The van der Waals surface area contributed by atoms with Crippen LogP contribution in [0.25, 0.3) is 0 Å². The van der Waals surface area contributed by atoms with Crippen LogP contribution in [0.4, 0.5) is 0 Å². The first-order valence-corrected chi connectivity index (χ1v) is 10.1. The molecular formula is C26H29NO2. The third kappa shape index (κ3) is 5.78. The average Bonchev–Trinajstić information content (AvgIpc) is 3.22. The topological polar surface area (TPSA) is 33.5 Å². The van der Waals surface area contributed by atoms with Crippen LogP contribution in [0.3, 0.4) is 0 Å². The van der Waals surface area contributed by atoms with Crippen molar-refractivity contribution in [3.63, 3.8) is 0 Å². The Bertz CT molecular complexity index is 900. The predicted molar refractivity (Wildman–Crippen MR) is 118 cm³/mol. The number of benzene rings is 2. The van der Waals surface area contributed by atoms with Crippen LogP contribution in [-0.2, 0) is 17.8 Å². The first-order chi connectivity index (χ1) is 14.0. The minimum atomic E-state index is -0.237. The number of carbonyl (C=O) groups is 1. The molecule has 0 amide bonds. The lowest BCUT2D eigenvalue weighted by molar-refractivity contribution is -0.118. The highest BCUT2D eigenvalue weighted by Crippen LogP contribution is 2.31. The van der Waals surface area contributed by atoms with Gasteiger partial charge in [-0.25, -0.2) is 0 Å². The fourth-order valence-corrected chi connectivity index (χ4v) is 3.84. The quantitative estimate of drug-likeness (QED) is 0.431. The summed E-state index contributed by atoms with van der Waals surface area (Å²) in [5, 5.41) is 0. The van der Waals surface area contributed by atoms with E-state index in [1.165, 1.54) is 5.56 Å². The molecule has 0 aliphatic carbocycles. The van der Waals surface area contributed by atoms with E-state index >= 15 is 0 Å². The summed E-state index contributed by atoms with van der Waals surface area (Å²) in [5.41, 5.74) is 2.90. The number of furan rings is 1. The van der Waals surface area contributed by atoms with Gasteiger partial charge in [0, 0.05) is 25.1 Å². The van der Waals surface area contributed by atoms with E-state index in [1.54, 1.807) is 6.26 Å². The molecule has 3 heteroatoms. The van der Waals surface area contributed by atoms with Gasteiger partial charge in [-0.05, 0) is 36.2 Å². The van der Waals surface area contributed by atoms with E-state index in [9.17, 15) is 4.79 Å². The average molecular weight is 388 g/mol. The zero-order valence-corrected chi connectivity index (χ0v) is 17.3. The number of Topliss-reactive ketones (excluding diaryl/α,β-unsaturated/α-hetero) is 1. The lowest BCUT2D eigenvalue weighted by Gasteiger charge is -2.25. The lowest BCUT2D eigenvalue weighted by Crippen LogP contribution is -2.29. The second-order valence-corrected chi connectivity index (χ2v) is 7.77. The van der Waals surface area contributed by atoms with Crippen molar-refractivity contribution in [1.82, 2.24) is 4.90 Å². The maximum Gasteiger partial charge on any atom is 0.167 e. The Labute approximate surface area is 173 Å². The van der Waals surface area contributed by atoms with E-state index in [1.807, 2.05) is 67.7 Å². The first-order valence-electron chi connectivity index (χ1n) is 10.1. The number of hydrogen-bond acceptors (Lipinski definition) is 3. The molecule has 3 aromatic rings. The molecule has 1 aromatic heterocycles. The van der Waals surface area contributed by atoms with Crippen LogP contribution >= 0.6 is 0 Å². The van der Waals surface area contributed by atoms with Crippen molar-refractivity contribution < 1.29 is 9.21 Å². The zero-order chi connectivity index (χ0) is 20.6. The molecule has 3 nitrogen and oxygen atoms in total. The van der Waals surface area contributed by atoms with E-state index < -0.39 is 0 Å². The molecule has 0 saturated heterocycles. The SMILES string of the molecule is C=C(CN(C)Cc1ccccc1)C(=O)C(c1ccccc1)C(C)Cc1ccco1. The maximum absolute atomic E-state index is 13.4. The van der Waals surface area contributed by atoms with Gasteiger partial charge in [0.15, 0.2) is 5.78 Å². The highest BCUT2D eigenvalue weighted by Gasteiger charge is 2.29. The highest BCUT2D eigenvalue weighted by molar-refractivity contribution is 6.00. The van der Waals surface area contributed by atoms with Gasteiger partial charge in [0.2, 0.25) is 0 Å². The minimum Gasteiger partial charge on any atom is -0.469 e. The number of likely N-dealkylation sites (N-methyl/N-ethyl adjacent to an activating group) is 1. The molecule has 0 spiro atoms. The van der Waals surface area contributed by atoms with Crippen LogP contribution in [0.2, 0.25) is 0 Å². The Balaban J connectivity index is 1.72. The maximum atomic E-state index is 13.4. The van der Waals surface area contributed by atoms with Gasteiger partial charge >= 0.3 is 0 Å². The summed E-state index contributed by atoms with van der Waals surface area (Å²) in [4.78, 5) is 15.6. The lowest BCUT2D eigenvalue weighted by atomic mass is 9.79. The summed E-state index contributed by atoms with van der Waals surface area (Å²) >= 11 is 0. The summed E-state index contributed by atoms with van der Waals surface area (Å²) in [7, 11) is 2.02. The van der Waals surface area contributed by atoms with Gasteiger partial charge in [0.1, 0.15) is 5.76 Å². The highest BCUT2D eigenvalue weighted by atomic mass is 16.3. The summed E-state index contributed by atoms with van der Waals surface area (Å²) in [6, 6.07) is 24.1. The molecule has 2 unspecified atom stereocenters. The Morgan fingerprint density at radius 2 is 1.66 bits per heavy atom. The van der Waals surface area contributed by atoms with E-state index in [2.05, 4.69) is 30.5 Å². The van der Waals surface area contributed by atoms with Crippen molar-refractivity contribution in [2.45, 2.75) is 25.8 Å². The van der Waals surface area contributed by atoms with Crippen molar-refractivity contribution in [1.29, 1.82) is 0 Å². The first kappa shape index (κ1) is 20.8. The van der Waals surface area contributed by atoms with Crippen LogP contribution in [0, 0.1) is 5.92 Å². The molecule has 0 bridgehead atoms. The van der Waals surface area contributed by atoms with Crippen LogP contribution in [0.15, 0.2) is 95.6 Å². The standard InChI is InChI=1S/C26H29NO2/c1-20(17-24-15-10-16-29-24)25(23-13-8-5-9-14-23)26(28)21(2)18-27(3)19-22-11-6-4-7-12-22/h4-16,20,25H,2,17-19H2,1,3H3. The van der Waals surface area contributed by atoms with Crippen molar-refractivity contribution in [3.05, 3.63) is 108 Å². The van der Waals surface area contributed by atoms with Gasteiger partial charge in [-0.2, -0.15) is 0 Å². The Morgan fingerprint density at radius 3 is 2.28 bits per heavy atom. The molecule has 0 saturated carbocycles. The molecule has 0 aliphatic rings. The summed E-state index contributed by atoms with van der Waals surface area (Å²) in [6.07, 6.45) is 2.39. The van der Waals surface area contributed by atoms with E-state index in [-0.39, 0.29) is 17.6 Å². The molecule has 2 aromatic carbocycles. The van der Waals surface area contributed by atoms with Gasteiger partial charge < -0.3 is 4.42 Å². The van der Waals surface area contributed by atoms with Gasteiger partial charge in [-0.1, -0.05) is 74.2 Å². The molecule has 29 heavy (non-hydrogen) atoms. The van der Waals surface area contributed by atoms with Gasteiger partial charge in [0.05, 0.1) is 12.2 Å². The Kier molecular flexibility index (Phi) is 7.20. The molecule has 150 valence electrons. The van der Waals surface area contributed by atoms with Crippen molar-refractivity contribution in [2.24, 2.45) is 5.92 Å². The fourth-order valence-electron chi connectivity index (χ4n) is 3.84. The van der Waals surface area contributed by atoms with Gasteiger partial charge in [0.25, 0.3) is 0 Å². The number of hydrogen-bond donors (Lipinski definition) is 0. The number of ketones is 1. The second kappa shape index (κ2) is 10.0. The van der Waals surface area contributed by atoms with Crippen LogP contribution in [0.1, 0.15) is 29.7 Å². The molecule has 2 atom stereocenters. The Morgan fingerprint density at radius 1 is 1.00 bits per heavy atom. The molecule has 0 fully saturated rings. The van der Waals surface area contributed by atoms with Gasteiger partial charge in [-0.15, -0.1) is 0 Å². The van der Waals surface area contributed by atoms with Crippen LogP contribution in [-0.4, -0.2) is 24.3 Å². The van der Waals surface area contributed by atoms with Crippen LogP contribution < -0.4 is 0 Å². The molecular weight excluding hydrogens is 358 g/mol. The van der Waals surface area contributed by atoms with Gasteiger partial charge in [-0.3, -0.25) is 9.69 Å². The summed E-state index contributed by atoms with van der Waals surface area (Å²) in [6.45, 7) is 7.59. The number of carbonyl (C=O) groups excluding carboxylic acids is 1. The smallest absolute Gasteiger partial charge is 0.167 e. The van der Waals surface area contributed by atoms with E-state index in [4.69, 9.17) is 4.42 Å². The summed E-state index contributed by atoms with van der Waals surface area (Å²) in [5.74, 6) is 0.874. The number of rotatable bonds is 10. The summed E-state index contributed by atoms with van der Waals surface area (Å²) < 4.78 is 5.52. The zero-order valence-electron chi connectivity index (χ0n) is 17.3. The minimum absolute atomic E-state index is 0.104. The monoisotopic (exact) mass is 387 g/mol. The normalized spacial score (nSPS) is 13.2. The van der Waals surface area contributed by atoms with Crippen molar-refractivity contribution in [3.8, 4) is 0 Å². The Hall–Kier alpha value is -2.91. The molecule has 3 rings (SSSR count). The number of nitrogens with zero attached hydrogens (tertiary/aromatic N) is 1. The van der Waals surface area contributed by atoms with Crippen molar-refractivity contribution in [2.75, 3.05) is 13.6 Å². The van der Waals surface area contributed by atoms with Crippen molar-refractivity contribution >= 4 is 5.78 Å². The van der Waals surface area contributed by atoms with E-state index in [0.29, 0.717) is 18.5 Å². The van der Waals surface area contributed by atoms with Crippen LogP contribution in [0.5, 0.6) is 0 Å².